The predicted octanol–water partition coefficient (Wildman–Crippen LogP) is 2.96. The lowest BCUT2D eigenvalue weighted by molar-refractivity contribution is -0.138. The molecule has 174 valence electrons. The molecule has 2 aromatic rings. The van der Waals surface area contributed by atoms with Crippen molar-refractivity contribution in [1.29, 1.82) is 0 Å². The van der Waals surface area contributed by atoms with E-state index in [2.05, 4.69) is 10.3 Å². The van der Waals surface area contributed by atoms with E-state index in [9.17, 15) is 18.8 Å². The molecule has 10 heteroatoms. The first kappa shape index (κ1) is 23.3. The summed E-state index contributed by atoms with van der Waals surface area (Å²) in [5.74, 6) is -1.48. The fourth-order valence-corrected chi connectivity index (χ4v) is 5.13. The number of benzene rings is 1. The Labute approximate surface area is 194 Å². The summed E-state index contributed by atoms with van der Waals surface area (Å²) in [4.78, 5) is 38.2. The smallest absolute Gasteiger partial charge is 0.325 e. The molecular weight excluding hydrogens is 447 g/mol. The zero-order valence-corrected chi connectivity index (χ0v) is 19.0. The number of thioether (sulfide) groups is 1. The molecule has 2 unspecified atom stereocenters. The topological polar surface area (TPSA) is 105 Å². The maximum Gasteiger partial charge on any atom is 0.325 e. The van der Waals surface area contributed by atoms with Crippen LogP contribution in [0, 0.1) is 11.7 Å². The van der Waals surface area contributed by atoms with Crippen LogP contribution in [0.4, 0.5) is 4.39 Å². The molecule has 2 fully saturated rings. The van der Waals surface area contributed by atoms with E-state index in [-0.39, 0.29) is 28.6 Å². The van der Waals surface area contributed by atoms with Gasteiger partial charge < -0.3 is 5.11 Å². The van der Waals surface area contributed by atoms with Crippen molar-refractivity contribution in [2.45, 2.75) is 44.0 Å². The van der Waals surface area contributed by atoms with Gasteiger partial charge in [0.2, 0.25) is 0 Å². The minimum Gasteiger partial charge on any atom is -0.480 e. The molecule has 33 heavy (non-hydrogen) atoms. The number of ketones is 1. The molecule has 1 N–H and O–H groups in total. The lowest BCUT2D eigenvalue weighted by Crippen LogP contribution is -2.43. The summed E-state index contributed by atoms with van der Waals surface area (Å²) in [5.41, 5.74) is 1.71. The summed E-state index contributed by atoms with van der Waals surface area (Å²) < 4.78 is 16.0. The molecule has 2 heterocycles. The van der Waals surface area contributed by atoms with Gasteiger partial charge in [0.25, 0.3) is 0 Å². The Hall–Kier alpha value is -2.85. The molecule has 1 saturated carbocycles. The van der Waals surface area contributed by atoms with Gasteiger partial charge in [0.1, 0.15) is 12.4 Å². The van der Waals surface area contributed by atoms with Crippen molar-refractivity contribution >= 4 is 34.7 Å². The van der Waals surface area contributed by atoms with Gasteiger partial charge in [0.15, 0.2) is 10.9 Å². The van der Waals surface area contributed by atoms with Crippen molar-refractivity contribution in [2.24, 2.45) is 5.92 Å². The van der Waals surface area contributed by atoms with E-state index in [0.717, 1.165) is 18.4 Å². The largest absolute Gasteiger partial charge is 0.480 e. The van der Waals surface area contributed by atoms with Crippen LogP contribution in [0.15, 0.2) is 36.0 Å². The number of aromatic nitrogens is 3. The Morgan fingerprint density at radius 3 is 2.70 bits per heavy atom. The highest BCUT2D eigenvalue weighted by Crippen LogP contribution is 2.40. The first-order valence-corrected chi connectivity index (χ1v) is 11.7. The van der Waals surface area contributed by atoms with Crippen molar-refractivity contribution in [1.82, 2.24) is 19.9 Å². The van der Waals surface area contributed by atoms with E-state index < -0.39 is 17.8 Å². The van der Waals surface area contributed by atoms with Gasteiger partial charge in [-0.15, -0.1) is 5.10 Å². The van der Waals surface area contributed by atoms with Crippen LogP contribution in [0.1, 0.15) is 43.5 Å². The molecule has 8 nitrogen and oxygen atoms in total. The molecule has 0 spiro atoms. The van der Waals surface area contributed by atoms with Crippen LogP contribution in [0.2, 0.25) is 0 Å². The highest BCUT2D eigenvalue weighted by atomic mass is 32.2. The minimum absolute atomic E-state index is 0.0229. The van der Waals surface area contributed by atoms with Gasteiger partial charge in [0, 0.05) is 36.7 Å². The summed E-state index contributed by atoms with van der Waals surface area (Å²) >= 11 is 1.21. The molecule has 0 bridgehead atoms. The third kappa shape index (κ3) is 5.56. The number of rotatable bonds is 8. The number of carboxylic acids is 1. The van der Waals surface area contributed by atoms with Crippen molar-refractivity contribution in [2.75, 3.05) is 13.1 Å². The normalized spacial score (nSPS) is 21.2. The second-order valence-electron chi connectivity index (χ2n) is 8.39. The van der Waals surface area contributed by atoms with Crippen LogP contribution in [-0.2, 0) is 20.9 Å². The Morgan fingerprint density at radius 2 is 2.03 bits per heavy atom. The summed E-state index contributed by atoms with van der Waals surface area (Å²) in [6.45, 7) is 2.04. The lowest BCUT2D eigenvalue weighted by Gasteiger charge is -2.38. The Balaban J connectivity index is 1.68. The van der Waals surface area contributed by atoms with Crippen LogP contribution in [0.5, 0.6) is 0 Å². The van der Waals surface area contributed by atoms with E-state index >= 15 is 0 Å². The molecule has 2 aliphatic rings. The van der Waals surface area contributed by atoms with Crippen molar-refractivity contribution in [3.05, 3.63) is 53.1 Å². The molecule has 1 aromatic carbocycles. The standard InChI is InChI=1S/C23H25FN4O4S/c1-14(29)33-20-8-9-27(12-16(20)10-17-11-25-26-28(17)13-21(30)31)22(23(32)15-6-7-15)18-4-2-3-5-19(18)24/h2-5,10-11,15,20,22H,6-9,12-13H2,1H3,(H,30,31)/b16-10+. The molecule has 1 aliphatic heterocycles. The van der Waals surface area contributed by atoms with Crippen LogP contribution in [0.3, 0.4) is 0 Å². The number of hydrogen-bond donors (Lipinski definition) is 1. The number of Topliss-reactive ketones (excluding diaryl/α,β-unsaturated/α-hetero) is 1. The van der Waals surface area contributed by atoms with Crippen molar-refractivity contribution < 1.29 is 23.9 Å². The third-order valence-corrected chi connectivity index (χ3v) is 7.02. The first-order valence-electron chi connectivity index (χ1n) is 10.8. The van der Waals surface area contributed by atoms with E-state index in [0.29, 0.717) is 30.8 Å². The van der Waals surface area contributed by atoms with Crippen LogP contribution in [-0.4, -0.2) is 60.2 Å². The number of halogens is 1. The first-order chi connectivity index (χ1) is 15.8. The second-order valence-corrected chi connectivity index (χ2v) is 9.77. The highest BCUT2D eigenvalue weighted by molar-refractivity contribution is 8.14. The van der Waals surface area contributed by atoms with Crippen LogP contribution in [0.25, 0.3) is 6.08 Å². The van der Waals surface area contributed by atoms with Gasteiger partial charge in [-0.3, -0.25) is 19.3 Å². The van der Waals surface area contributed by atoms with Gasteiger partial charge in [-0.2, -0.15) is 0 Å². The zero-order valence-electron chi connectivity index (χ0n) is 18.2. The minimum atomic E-state index is -1.05. The van der Waals surface area contributed by atoms with Gasteiger partial charge in [-0.25, -0.2) is 9.07 Å². The van der Waals surface area contributed by atoms with E-state index in [1.807, 2.05) is 4.90 Å². The maximum absolute atomic E-state index is 14.7. The number of piperidine rings is 1. The number of nitrogens with zero attached hydrogens (tertiary/aromatic N) is 4. The van der Waals surface area contributed by atoms with E-state index in [1.54, 1.807) is 24.3 Å². The summed E-state index contributed by atoms with van der Waals surface area (Å²) in [5, 5.41) is 16.6. The molecular formula is C23H25FN4O4S. The van der Waals surface area contributed by atoms with Gasteiger partial charge in [-0.05, 0) is 37.0 Å². The molecule has 2 atom stereocenters. The number of aliphatic carboxylic acids is 1. The number of carbonyl (C=O) groups excluding carboxylic acids is 2. The second kappa shape index (κ2) is 9.96. The maximum atomic E-state index is 14.7. The number of likely N-dealkylation sites (tertiary alicyclic amines) is 1. The van der Waals surface area contributed by atoms with Gasteiger partial charge >= 0.3 is 5.97 Å². The zero-order chi connectivity index (χ0) is 23.5. The average molecular weight is 473 g/mol. The van der Waals surface area contributed by atoms with Gasteiger partial charge in [0.05, 0.1) is 17.9 Å². The summed E-state index contributed by atoms with van der Waals surface area (Å²) in [6.07, 6.45) is 5.50. The van der Waals surface area contributed by atoms with Gasteiger partial charge in [-0.1, -0.05) is 35.2 Å². The monoisotopic (exact) mass is 472 g/mol. The average Bonchev–Trinajstić information content (AvgIpc) is 3.53. The molecule has 1 saturated heterocycles. The predicted molar refractivity (Wildman–Crippen MR) is 121 cm³/mol. The highest BCUT2D eigenvalue weighted by Gasteiger charge is 2.41. The van der Waals surface area contributed by atoms with E-state index in [1.165, 1.54) is 35.6 Å². The Bertz CT molecular complexity index is 1100. The summed E-state index contributed by atoms with van der Waals surface area (Å²) in [7, 11) is 0. The van der Waals surface area contributed by atoms with Crippen LogP contribution < -0.4 is 0 Å². The Morgan fingerprint density at radius 1 is 1.27 bits per heavy atom. The van der Waals surface area contributed by atoms with Crippen molar-refractivity contribution in [3.63, 3.8) is 0 Å². The molecule has 1 aliphatic carbocycles. The molecule has 4 rings (SSSR count). The van der Waals surface area contributed by atoms with Crippen LogP contribution >= 0.6 is 11.8 Å². The lowest BCUT2D eigenvalue weighted by atomic mass is 9.93. The fraction of sp³-hybridized carbons (Fsp3) is 0.435. The van der Waals surface area contributed by atoms with E-state index in [4.69, 9.17) is 5.11 Å². The third-order valence-electron chi connectivity index (χ3n) is 5.87. The number of carboxylic acid groups (broad SMARTS) is 1. The summed E-state index contributed by atoms with van der Waals surface area (Å²) in [6, 6.07) is 5.67. The SMILES string of the molecule is CC(=O)SC1CCN(C(C(=O)C2CC2)c2ccccc2F)C/C1=C\c1cnnn1CC(=O)O. The van der Waals surface area contributed by atoms with Crippen molar-refractivity contribution in [3.8, 4) is 0 Å². The molecule has 1 aromatic heterocycles. The number of hydrogen-bond acceptors (Lipinski definition) is 7. The molecule has 0 radical (unpaired) electrons. The molecule has 0 amide bonds. The fourth-order valence-electron chi connectivity index (χ4n) is 4.21. The number of carbonyl (C=O) groups is 3. The Kier molecular flexibility index (Phi) is 7.04. The quantitative estimate of drug-likeness (QED) is 0.625.